The largest absolute Gasteiger partial charge is 0.481 e. The maximum absolute atomic E-state index is 12.7. The third-order valence-corrected chi connectivity index (χ3v) is 6.59. The summed E-state index contributed by atoms with van der Waals surface area (Å²) in [6.45, 7) is 5.66. The van der Waals surface area contributed by atoms with Gasteiger partial charge in [0.2, 0.25) is 5.91 Å². The minimum Gasteiger partial charge on any atom is -0.481 e. The van der Waals surface area contributed by atoms with Gasteiger partial charge in [-0.05, 0) is 19.8 Å². The molecule has 3 heterocycles. The van der Waals surface area contributed by atoms with Gasteiger partial charge in [0.25, 0.3) is 0 Å². The number of carboxylic acid groups (broad SMARTS) is 1. The van der Waals surface area contributed by atoms with E-state index < -0.39 is 11.4 Å². The van der Waals surface area contributed by atoms with Gasteiger partial charge in [0.1, 0.15) is 17.6 Å². The van der Waals surface area contributed by atoms with Gasteiger partial charge in [-0.2, -0.15) is 0 Å². The molecule has 3 fully saturated rings. The molecule has 4 rings (SSSR count). The van der Waals surface area contributed by atoms with Crippen molar-refractivity contribution in [3.8, 4) is 0 Å². The molecule has 1 saturated carbocycles. The summed E-state index contributed by atoms with van der Waals surface area (Å²) in [5.41, 5.74) is -0.809. The van der Waals surface area contributed by atoms with Crippen molar-refractivity contribution in [3.63, 3.8) is 0 Å². The lowest BCUT2D eigenvalue weighted by atomic mass is 9.81. The number of amides is 1. The summed E-state index contributed by atoms with van der Waals surface area (Å²) in [5, 5.41) is 17.8. The summed E-state index contributed by atoms with van der Waals surface area (Å²) >= 11 is 0. The molecule has 2 saturated heterocycles. The number of aryl methyl sites for hydroxylation is 1. The molecule has 1 aromatic rings. The standard InChI is InChI=1S/C18H27N5O3/c1-13-20-19-12-22(13)7-6-21-8-15-9-23(11-18(15,10-21)17(25)26)16(24)14-4-2-3-5-14/h12,14-15H,2-11H2,1H3,(H,25,26)/t15-,18-/m1/s1. The first kappa shape index (κ1) is 17.5. The van der Waals surface area contributed by atoms with Crippen LogP contribution in [-0.2, 0) is 16.1 Å². The van der Waals surface area contributed by atoms with Crippen LogP contribution in [0.3, 0.4) is 0 Å². The summed E-state index contributed by atoms with van der Waals surface area (Å²) < 4.78 is 1.98. The van der Waals surface area contributed by atoms with Gasteiger partial charge in [0, 0.05) is 51.1 Å². The quantitative estimate of drug-likeness (QED) is 0.827. The number of aromatic nitrogens is 3. The zero-order valence-corrected chi connectivity index (χ0v) is 15.3. The number of hydrogen-bond donors (Lipinski definition) is 1. The molecule has 0 bridgehead atoms. The highest BCUT2D eigenvalue weighted by Crippen LogP contribution is 2.44. The van der Waals surface area contributed by atoms with Gasteiger partial charge in [-0.1, -0.05) is 12.8 Å². The summed E-state index contributed by atoms with van der Waals surface area (Å²) in [4.78, 5) is 28.9. The van der Waals surface area contributed by atoms with Crippen LogP contribution in [-0.4, -0.2) is 74.3 Å². The fourth-order valence-electron chi connectivity index (χ4n) is 5.02. The van der Waals surface area contributed by atoms with Crippen molar-refractivity contribution in [1.82, 2.24) is 24.6 Å². The van der Waals surface area contributed by atoms with Gasteiger partial charge in [-0.25, -0.2) is 0 Å². The summed E-state index contributed by atoms with van der Waals surface area (Å²) in [6.07, 6.45) is 5.87. The number of nitrogens with zero attached hydrogens (tertiary/aromatic N) is 5. The van der Waals surface area contributed by atoms with E-state index >= 15 is 0 Å². The molecule has 0 spiro atoms. The Hall–Kier alpha value is -1.96. The summed E-state index contributed by atoms with van der Waals surface area (Å²) in [7, 11) is 0. The zero-order valence-electron chi connectivity index (χ0n) is 15.3. The number of carbonyl (C=O) groups excluding carboxylic acids is 1. The van der Waals surface area contributed by atoms with E-state index in [-0.39, 0.29) is 17.7 Å². The van der Waals surface area contributed by atoms with Gasteiger partial charge in [0.05, 0.1) is 0 Å². The van der Waals surface area contributed by atoms with E-state index in [0.717, 1.165) is 51.1 Å². The smallest absolute Gasteiger partial charge is 0.313 e. The number of carbonyl (C=O) groups is 2. The Morgan fingerprint density at radius 1 is 1.23 bits per heavy atom. The van der Waals surface area contributed by atoms with Crippen LogP contribution < -0.4 is 0 Å². The number of carboxylic acids is 1. The average molecular weight is 361 g/mol. The first-order chi connectivity index (χ1) is 12.5. The van der Waals surface area contributed by atoms with Crippen molar-refractivity contribution in [3.05, 3.63) is 12.2 Å². The highest BCUT2D eigenvalue weighted by atomic mass is 16.4. The van der Waals surface area contributed by atoms with E-state index in [0.29, 0.717) is 19.6 Å². The second kappa shape index (κ2) is 6.64. The minimum absolute atomic E-state index is 0.0207. The average Bonchev–Trinajstić information content (AvgIpc) is 3.36. The molecular weight excluding hydrogens is 334 g/mol. The third-order valence-electron chi connectivity index (χ3n) is 6.59. The molecule has 3 aliphatic rings. The van der Waals surface area contributed by atoms with Gasteiger partial charge in [-0.3, -0.25) is 14.5 Å². The fourth-order valence-corrected chi connectivity index (χ4v) is 5.02. The van der Waals surface area contributed by atoms with Crippen LogP contribution in [0.1, 0.15) is 31.5 Å². The first-order valence-electron chi connectivity index (χ1n) is 9.58. The van der Waals surface area contributed by atoms with Crippen LogP contribution in [0.25, 0.3) is 0 Å². The molecule has 2 aliphatic heterocycles. The predicted octanol–water partition coefficient (Wildman–Crippen LogP) is 0.622. The Morgan fingerprint density at radius 3 is 2.62 bits per heavy atom. The molecule has 1 N–H and O–H groups in total. The maximum Gasteiger partial charge on any atom is 0.313 e. The van der Waals surface area contributed by atoms with Gasteiger partial charge < -0.3 is 14.6 Å². The Bertz CT molecular complexity index is 699. The maximum atomic E-state index is 12.7. The Labute approximate surface area is 153 Å². The molecule has 142 valence electrons. The predicted molar refractivity (Wildman–Crippen MR) is 93.3 cm³/mol. The molecule has 0 unspecified atom stereocenters. The molecule has 8 nitrogen and oxygen atoms in total. The summed E-state index contributed by atoms with van der Waals surface area (Å²) in [5.74, 6) is 0.432. The zero-order chi connectivity index (χ0) is 18.3. The van der Waals surface area contributed by atoms with Crippen molar-refractivity contribution in [2.24, 2.45) is 17.3 Å². The van der Waals surface area contributed by atoms with Crippen LogP contribution in [0.5, 0.6) is 0 Å². The lowest BCUT2D eigenvalue weighted by Gasteiger charge is -2.27. The highest BCUT2D eigenvalue weighted by Gasteiger charge is 2.58. The molecule has 0 aromatic carbocycles. The van der Waals surface area contributed by atoms with Crippen molar-refractivity contribution in [2.45, 2.75) is 39.2 Å². The molecule has 8 heteroatoms. The van der Waals surface area contributed by atoms with Gasteiger partial charge in [0.15, 0.2) is 0 Å². The van der Waals surface area contributed by atoms with Crippen molar-refractivity contribution in [1.29, 1.82) is 0 Å². The number of aliphatic carboxylic acids is 1. The number of rotatable bonds is 5. The molecule has 0 radical (unpaired) electrons. The fraction of sp³-hybridized carbons (Fsp3) is 0.778. The molecular formula is C18H27N5O3. The highest BCUT2D eigenvalue weighted by molar-refractivity contribution is 5.83. The Morgan fingerprint density at radius 2 is 2.00 bits per heavy atom. The lowest BCUT2D eigenvalue weighted by Crippen LogP contribution is -2.43. The van der Waals surface area contributed by atoms with Crippen LogP contribution >= 0.6 is 0 Å². The van der Waals surface area contributed by atoms with E-state index in [9.17, 15) is 14.7 Å². The second-order valence-corrected chi connectivity index (χ2v) is 8.17. The van der Waals surface area contributed by atoms with Crippen LogP contribution in [0.15, 0.2) is 6.33 Å². The van der Waals surface area contributed by atoms with E-state index in [2.05, 4.69) is 15.1 Å². The van der Waals surface area contributed by atoms with Crippen LogP contribution in [0.4, 0.5) is 0 Å². The number of likely N-dealkylation sites (tertiary alicyclic amines) is 2. The van der Waals surface area contributed by atoms with Crippen molar-refractivity contribution >= 4 is 11.9 Å². The second-order valence-electron chi connectivity index (χ2n) is 8.17. The SMILES string of the molecule is Cc1nncn1CCN1C[C@@H]2CN(C(=O)C3CCCC3)C[C@]2(C(=O)O)C1. The van der Waals surface area contributed by atoms with Gasteiger partial charge in [-0.15, -0.1) is 10.2 Å². The number of hydrogen-bond acceptors (Lipinski definition) is 5. The summed E-state index contributed by atoms with van der Waals surface area (Å²) in [6, 6.07) is 0. The minimum atomic E-state index is -0.809. The van der Waals surface area contributed by atoms with Crippen molar-refractivity contribution < 1.29 is 14.7 Å². The monoisotopic (exact) mass is 361 g/mol. The van der Waals surface area contributed by atoms with E-state index in [1.54, 1.807) is 6.33 Å². The number of fused-ring (bicyclic) bond motifs is 1. The van der Waals surface area contributed by atoms with E-state index in [4.69, 9.17) is 0 Å². The molecule has 1 aliphatic carbocycles. The topological polar surface area (TPSA) is 91.6 Å². The van der Waals surface area contributed by atoms with Crippen molar-refractivity contribution in [2.75, 3.05) is 32.7 Å². The van der Waals surface area contributed by atoms with Crippen LogP contribution in [0.2, 0.25) is 0 Å². The Kier molecular flexibility index (Phi) is 4.46. The van der Waals surface area contributed by atoms with Gasteiger partial charge >= 0.3 is 5.97 Å². The third kappa shape index (κ3) is 2.90. The molecule has 26 heavy (non-hydrogen) atoms. The Balaban J connectivity index is 1.41. The molecule has 2 atom stereocenters. The van der Waals surface area contributed by atoms with Crippen LogP contribution in [0, 0.1) is 24.2 Å². The van der Waals surface area contributed by atoms with E-state index in [1.165, 1.54) is 0 Å². The first-order valence-corrected chi connectivity index (χ1v) is 9.58. The van der Waals surface area contributed by atoms with E-state index in [1.807, 2.05) is 16.4 Å². The lowest BCUT2D eigenvalue weighted by molar-refractivity contribution is -0.149. The molecule has 1 amide bonds. The molecule has 1 aromatic heterocycles. The normalized spacial score (nSPS) is 29.4.